The summed E-state index contributed by atoms with van der Waals surface area (Å²) in [5, 5.41) is 5.59. The first-order valence-electron chi connectivity index (χ1n) is 12.5. The van der Waals surface area contributed by atoms with Crippen LogP contribution in [0.5, 0.6) is 11.5 Å². The summed E-state index contributed by atoms with van der Waals surface area (Å²) in [6, 6.07) is 15.1. The number of benzene rings is 3. The molecule has 0 spiro atoms. The minimum absolute atomic E-state index is 0.0886. The molecular formula is C28H25Cl2N5O7S. The predicted octanol–water partition coefficient (Wildman–Crippen LogP) is 3.94. The van der Waals surface area contributed by atoms with Gasteiger partial charge in [0.15, 0.2) is 5.75 Å². The first-order valence-corrected chi connectivity index (χ1v) is 14.8. The minimum Gasteiger partial charge on any atom is -0.467 e. The van der Waals surface area contributed by atoms with E-state index in [1.165, 1.54) is 49.8 Å². The lowest BCUT2D eigenvalue weighted by Crippen LogP contribution is -2.47. The number of hydrogen-bond donors (Lipinski definition) is 4. The Hall–Kier alpha value is -4.59. The van der Waals surface area contributed by atoms with E-state index in [-0.39, 0.29) is 39.1 Å². The van der Waals surface area contributed by atoms with Crippen molar-refractivity contribution < 1.29 is 32.3 Å². The van der Waals surface area contributed by atoms with Gasteiger partial charge in [0.05, 0.1) is 41.3 Å². The maximum Gasteiger partial charge on any atom is 0.328 e. The summed E-state index contributed by atoms with van der Waals surface area (Å²) in [5.74, 6) is -1.46. The van der Waals surface area contributed by atoms with Crippen LogP contribution in [0.25, 0.3) is 0 Å². The van der Waals surface area contributed by atoms with Gasteiger partial charge in [-0.25, -0.2) is 18.2 Å². The maximum atomic E-state index is 13.1. The van der Waals surface area contributed by atoms with E-state index in [1.54, 1.807) is 36.5 Å². The molecule has 0 unspecified atom stereocenters. The van der Waals surface area contributed by atoms with E-state index in [1.807, 2.05) is 0 Å². The number of para-hydroxylation sites is 2. The van der Waals surface area contributed by atoms with Crippen molar-refractivity contribution in [1.29, 1.82) is 0 Å². The average Bonchev–Trinajstić information content (AvgIpc) is 3.50. The number of carbonyl (C=O) groups is 3. The summed E-state index contributed by atoms with van der Waals surface area (Å²) in [4.78, 5) is 43.7. The van der Waals surface area contributed by atoms with E-state index in [2.05, 4.69) is 25.3 Å². The molecule has 1 aromatic heterocycles. The molecule has 0 fully saturated rings. The normalized spacial score (nSPS) is 11.7. The van der Waals surface area contributed by atoms with E-state index in [9.17, 15) is 22.8 Å². The number of nitrogens with zero attached hydrogens (tertiary/aromatic N) is 1. The van der Waals surface area contributed by atoms with Crippen LogP contribution in [0.1, 0.15) is 16.1 Å². The summed E-state index contributed by atoms with van der Waals surface area (Å²) < 4.78 is 39.2. The second-order valence-electron chi connectivity index (χ2n) is 8.89. The number of methoxy groups -OCH3 is 1. The molecule has 4 rings (SSSR count). The molecule has 3 aromatic carbocycles. The second kappa shape index (κ2) is 14.1. The summed E-state index contributed by atoms with van der Waals surface area (Å²) in [7, 11) is -2.90. The number of esters is 1. The fourth-order valence-corrected chi connectivity index (χ4v) is 5.28. The Kier molecular flexibility index (Phi) is 10.2. The van der Waals surface area contributed by atoms with Crippen LogP contribution in [0.15, 0.2) is 84.1 Å². The molecule has 4 N–H and O–H groups in total. The SMILES string of the molecule is COC(=O)[C@H](Cc1c[nH]cn1)NC(=O)CNC(=O)c1ccc(S(=O)(=O)Nc2ccccc2Oc2ccc(Cl)cc2Cl)cc1. The highest BCUT2D eigenvalue weighted by atomic mass is 35.5. The number of anilines is 1. The first kappa shape index (κ1) is 31.3. The Morgan fingerprint density at radius 1 is 1.00 bits per heavy atom. The molecule has 43 heavy (non-hydrogen) atoms. The van der Waals surface area contributed by atoms with Crippen LogP contribution in [0.2, 0.25) is 10.0 Å². The lowest BCUT2D eigenvalue weighted by atomic mass is 10.1. The van der Waals surface area contributed by atoms with Crippen molar-refractivity contribution >= 4 is 56.7 Å². The van der Waals surface area contributed by atoms with Crippen LogP contribution in [-0.2, 0) is 30.8 Å². The number of imidazole rings is 1. The minimum atomic E-state index is -4.09. The smallest absolute Gasteiger partial charge is 0.328 e. The molecule has 12 nitrogen and oxygen atoms in total. The monoisotopic (exact) mass is 645 g/mol. The van der Waals surface area contributed by atoms with E-state index in [4.69, 9.17) is 32.7 Å². The number of nitrogens with one attached hydrogen (secondary N) is 4. The van der Waals surface area contributed by atoms with Gasteiger partial charge in [-0.3, -0.25) is 14.3 Å². The van der Waals surface area contributed by atoms with Gasteiger partial charge in [0.25, 0.3) is 15.9 Å². The molecule has 0 saturated carbocycles. The van der Waals surface area contributed by atoms with Crippen LogP contribution in [0.3, 0.4) is 0 Å². The molecular weight excluding hydrogens is 621 g/mol. The van der Waals surface area contributed by atoms with Gasteiger partial charge in [-0.15, -0.1) is 0 Å². The largest absolute Gasteiger partial charge is 0.467 e. The van der Waals surface area contributed by atoms with Crippen molar-refractivity contribution in [2.75, 3.05) is 18.4 Å². The fraction of sp³-hybridized carbons (Fsp3) is 0.143. The maximum absolute atomic E-state index is 13.1. The zero-order valence-corrected chi connectivity index (χ0v) is 24.8. The Labute approximate surface area is 256 Å². The van der Waals surface area contributed by atoms with Crippen LogP contribution < -0.4 is 20.1 Å². The van der Waals surface area contributed by atoms with Crippen molar-refractivity contribution in [2.45, 2.75) is 17.4 Å². The summed E-state index contributed by atoms with van der Waals surface area (Å²) >= 11 is 12.1. The fourth-order valence-electron chi connectivity index (χ4n) is 3.76. The Bertz CT molecular complexity index is 1720. The highest BCUT2D eigenvalue weighted by Gasteiger charge is 2.23. The van der Waals surface area contributed by atoms with Crippen molar-refractivity contribution in [3.63, 3.8) is 0 Å². The van der Waals surface area contributed by atoms with Crippen molar-refractivity contribution in [3.05, 3.63) is 101 Å². The first-order chi connectivity index (χ1) is 20.6. The van der Waals surface area contributed by atoms with Crippen molar-refractivity contribution in [1.82, 2.24) is 20.6 Å². The van der Waals surface area contributed by atoms with E-state index in [0.717, 1.165) is 0 Å². The third-order valence-corrected chi connectivity index (χ3v) is 7.78. The van der Waals surface area contributed by atoms with Gasteiger partial charge in [-0.2, -0.15) is 0 Å². The standard InChI is InChI=1S/C28H25Cl2N5O7S/c1-41-28(38)23(13-19-14-31-16-33-19)34-26(36)15-32-27(37)17-6-9-20(10-7-17)43(39,40)35-22-4-2-3-5-25(22)42-24-11-8-18(29)12-21(24)30/h2-12,14,16,23,35H,13,15H2,1H3,(H,31,33)(H,32,37)(H,34,36)/t23-/m0/s1. The number of H-pyrrole nitrogens is 1. The van der Waals surface area contributed by atoms with E-state index < -0.39 is 40.4 Å². The molecule has 0 aliphatic rings. The van der Waals surface area contributed by atoms with Gasteiger partial charge >= 0.3 is 5.97 Å². The van der Waals surface area contributed by atoms with Crippen LogP contribution in [-0.4, -0.2) is 55.9 Å². The second-order valence-corrected chi connectivity index (χ2v) is 11.4. The van der Waals surface area contributed by atoms with Gasteiger partial charge in [0, 0.05) is 23.2 Å². The Morgan fingerprint density at radius 3 is 2.42 bits per heavy atom. The number of amides is 2. The number of aromatic nitrogens is 2. The number of hydrogen-bond acceptors (Lipinski definition) is 8. The molecule has 0 aliphatic carbocycles. The molecule has 0 radical (unpaired) electrons. The van der Waals surface area contributed by atoms with Gasteiger partial charge in [0.1, 0.15) is 11.8 Å². The lowest BCUT2D eigenvalue weighted by molar-refractivity contribution is -0.144. The third-order valence-electron chi connectivity index (χ3n) is 5.87. The lowest BCUT2D eigenvalue weighted by Gasteiger charge is -2.16. The molecule has 1 atom stereocenters. The van der Waals surface area contributed by atoms with E-state index in [0.29, 0.717) is 10.7 Å². The molecule has 15 heteroatoms. The summed E-state index contributed by atoms with van der Waals surface area (Å²) in [6.45, 7) is -0.442. The van der Waals surface area contributed by atoms with Crippen molar-refractivity contribution in [3.8, 4) is 11.5 Å². The van der Waals surface area contributed by atoms with Gasteiger partial charge in [0.2, 0.25) is 5.91 Å². The van der Waals surface area contributed by atoms with Crippen LogP contribution in [0, 0.1) is 0 Å². The number of halogens is 2. The molecule has 224 valence electrons. The predicted molar refractivity (Wildman–Crippen MR) is 159 cm³/mol. The van der Waals surface area contributed by atoms with Gasteiger partial charge in [-0.05, 0) is 54.6 Å². The topological polar surface area (TPSA) is 169 Å². The van der Waals surface area contributed by atoms with E-state index >= 15 is 0 Å². The number of rotatable bonds is 12. The number of sulfonamides is 1. The molecule has 2 amide bonds. The van der Waals surface area contributed by atoms with Crippen molar-refractivity contribution in [2.24, 2.45) is 0 Å². The quantitative estimate of drug-likeness (QED) is 0.168. The highest BCUT2D eigenvalue weighted by Crippen LogP contribution is 2.35. The summed E-state index contributed by atoms with van der Waals surface area (Å²) in [6.07, 6.45) is 3.10. The molecule has 1 heterocycles. The van der Waals surface area contributed by atoms with Crippen LogP contribution >= 0.6 is 23.2 Å². The average molecular weight is 647 g/mol. The summed E-state index contributed by atoms with van der Waals surface area (Å²) in [5.41, 5.74) is 0.791. The zero-order valence-electron chi connectivity index (χ0n) is 22.5. The molecule has 0 aliphatic heterocycles. The number of ether oxygens (including phenoxy) is 2. The highest BCUT2D eigenvalue weighted by molar-refractivity contribution is 7.92. The van der Waals surface area contributed by atoms with Gasteiger partial charge in [-0.1, -0.05) is 35.3 Å². The zero-order chi connectivity index (χ0) is 31.0. The van der Waals surface area contributed by atoms with Gasteiger partial charge < -0.3 is 25.1 Å². The number of aromatic amines is 1. The molecule has 0 saturated heterocycles. The Balaban J connectivity index is 1.37. The number of carbonyl (C=O) groups excluding carboxylic acids is 3. The Morgan fingerprint density at radius 2 is 1.74 bits per heavy atom. The van der Waals surface area contributed by atoms with Crippen LogP contribution in [0.4, 0.5) is 5.69 Å². The molecule has 4 aromatic rings. The molecule has 0 bridgehead atoms. The third kappa shape index (κ3) is 8.47.